The average molecular weight is 391 g/mol. The van der Waals surface area contributed by atoms with Crippen molar-refractivity contribution in [3.05, 3.63) is 54.1 Å². The third-order valence-corrected chi connectivity index (χ3v) is 5.99. The van der Waals surface area contributed by atoms with Crippen LogP contribution in [0.3, 0.4) is 0 Å². The van der Waals surface area contributed by atoms with Crippen molar-refractivity contribution in [2.45, 2.75) is 31.1 Å². The maximum atomic E-state index is 12.7. The summed E-state index contributed by atoms with van der Waals surface area (Å²) in [6, 6.07) is 13.6. The van der Waals surface area contributed by atoms with Crippen molar-refractivity contribution in [2.75, 3.05) is 26.0 Å². The number of hydrogen-bond donors (Lipinski definition) is 1. The molecular weight excluding hydrogens is 364 g/mol. The summed E-state index contributed by atoms with van der Waals surface area (Å²) in [5, 5.41) is 2.68. The molecule has 0 unspecified atom stereocenters. The number of anilines is 1. The van der Waals surface area contributed by atoms with Crippen molar-refractivity contribution < 1.29 is 17.9 Å². The monoisotopic (exact) mass is 390 g/mol. The summed E-state index contributed by atoms with van der Waals surface area (Å²) in [7, 11) is -0.800. The second-order valence-electron chi connectivity index (χ2n) is 7.31. The fourth-order valence-corrected chi connectivity index (χ4v) is 3.60. The molecule has 2 rings (SSSR count). The second kappa shape index (κ2) is 8.10. The summed E-state index contributed by atoms with van der Waals surface area (Å²) >= 11 is 0. The van der Waals surface area contributed by atoms with E-state index in [1.807, 2.05) is 0 Å². The number of rotatable bonds is 6. The maximum Gasteiger partial charge on any atom is 0.243 e. The normalized spacial score (nSPS) is 12.1. The fraction of sp³-hybridized carbons (Fsp3) is 0.350. The SMILES string of the molecule is COc1ccc(NC(=O)CN(C)S(=O)(=O)c2ccc(C(C)(C)C)cc2)cc1. The minimum Gasteiger partial charge on any atom is -0.497 e. The molecule has 1 N–H and O–H groups in total. The molecule has 0 atom stereocenters. The predicted octanol–water partition coefficient (Wildman–Crippen LogP) is 3.25. The Morgan fingerprint density at radius 1 is 1.04 bits per heavy atom. The highest BCUT2D eigenvalue weighted by molar-refractivity contribution is 7.89. The van der Waals surface area contributed by atoms with Crippen LogP contribution in [-0.4, -0.2) is 39.3 Å². The number of sulfonamides is 1. The highest BCUT2D eigenvalue weighted by atomic mass is 32.2. The number of nitrogens with zero attached hydrogens (tertiary/aromatic N) is 1. The Bertz CT molecular complexity index is 883. The molecule has 2 aromatic rings. The molecular formula is C20H26N2O4S. The highest BCUT2D eigenvalue weighted by Crippen LogP contribution is 2.24. The van der Waals surface area contributed by atoms with Gasteiger partial charge < -0.3 is 10.1 Å². The molecule has 2 aromatic carbocycles. The van der Waals surface area contributed by atoms with Gasteiger partial charge in [0.15, 0.2) is 0 Å². The predicted molar refractivity (Wildman–Crippen MR) is 107 cm³/mol. The van der Waals surface area contributed by atoms with Crippen LogP contribution in [0.4, 0.5) is 5.69 Å². The molecule has 0 aromatic heterocycles. The van der Waals surface area contributed by atoms with E-state index in [-0.39, 0.29) is 16.9 Å². The third-order valence-electron chi connectivity index (χ3n) is 4.17. The van der Waals surface area contributed by atoms with Crippen LogP contribution in [0.1, 0.15) is 26.3 Å². The van der Waals surface area contributed by atoms with Crippen LogP contribution in [0.25, 0.3) is 0 Å². The van der Waals surface area contributed by atoms with Crippen LogP contribution in [0.5, 0.6) is 5.75 Å². The van der Waals surface area contributed by atoms with E-state index in [0.29, 0.717) is 11.4 Å². The van der Waals surface area contributed by atoms with Crippen molar-refractivity contribution in [1.29, 1.82) is 0 Å². The molecule has 0 aliphatic heterocycles. The van der Waals surface area contributed by atoms with Crippen LogP contribution in [0, 0.1) is 0 Å². The van der Waals surface area contributed by atoms with E-state index in [0.717, 1.165) is 9.87 Å². The van der Waals surface area contributed by atoms with Gasteiger partial charge in [-0.15, -0.1) is 0 Å². The number of nitrogens with one attached hydrogen (secondary N) is 1. The van der Waals surface area contributed by atoms with E-state index < -0.39 is 15.9 Å². The Morgan fingerprint density at radius 2 is 1.59 bits per heavy atom. The number of carbonyl (C=O) groups is 1. The molecule has 0 spiro atoms. The van der Waals surface area contributed by atoms with Crippen LogP contribution in [0.15, 0.2) is 53.4 Å². The molecule has 0 saturated heterocycles. The van der Waals surface area contributed by atoms with Gasteiger partial charge in [0.25, 0.3) is 0 Å². The Morgan fingerprint density at radius 3 is 2.07 bits per heavy atom. The average Bonchev–Trinajstić information content (AvgIpc) is 2.61. The number of amides is 1. The van der Waals surface area contributed by atoms with Gasteiger partial charge in [0.1, 0.15) is 5.75 Å². The van der Waals surface area contributed by atoms with Crippen molar-refractivity contribution >= 4 is 21.6 Å². The molecule has 7 heteroatoms. The van der Waals surface area contributed by atoms with Gasteiger partial charge in [-0.3, -0.25) is 4.79 Å². The zero-order valence-corrected chi connectivity index (χ0v) is 17.1. The fourth-order valence-electron chi connectivity index (χ4n) is 2.47. The van der Waals surface area contributed by atoms with Gasteiger partial charge in [0.05, 0.1) is 18.6 Å². The quantitative estimate of drug-likeness (QED) is 0.821. The zero-order valence-electron chi connectivity index (χ0n) is 16.3. The first-order valence-corrected chi connectivity index (χ1v) is 9.99. The summed E-state index contributed by atoms with van der Waals surface area (Å²) in [5.41, 5.74) is 1.55. The summed E-state index contributed by atoms with van der Waals surface area (Å²) in [5.74, 6) is 0.254. The Hall–Kier alpha value is -2.38. The first kappa shape index (κ1) is 20.9. The van der Waals surface area contributed by atoms with Gasteiger partial charge in [0, 0.05) is 12.7 Å². The van der Waals surface area contributed by atoms with Gasteiger partial charge in [-0.05, 0) is 47.4 Å². The van der Waals surface area contributed by atoms with Crippen molar-refractivity contribution in [2.24, 2.45) is 0 Å². The van der Waals surface area contributed by atoms with Crippen LogP contribution in [0.2, 0.25) is 0 Å². The first-order chi connectivity index (χ1) is 12.5. The molecule has 0 heterocycles. The topological polar surface area (TPSA) is 75.7 Å². The number of hydrogen-bond acceptors (Lipinski definition) is 4. The Kier molecular flexibility index (Phi) is 6.28. The molecule has 0 bridgehead atoms. The van der Waals surface area contributed by atoms with Crippen LogP contribution >= 0.6 is 0 Å². The number of methoxy groups -OCH3 is 1. The minimum atomic E-state index is -3.75. The maximum absolute atomic E-state index is 12.7. The summed E-state index contributed by atoms with van der Waals surface area (Å²) in [6.07, 6.45) is 0. The number of carbonyl (C=O) groups excluding carboxylic acids is 1. The summed E-state index contributed by atoms with van der Waals surface area (Å²) < 4.78 is 31.5. The molecule has 0 radical (unpaired) electrons. The molecule has 146 valence electrons. The molecule has 0 aliphatic rings. The van der Waals surface area contributed by atoms with E-state index in [4.69, 9.17) is 4.74 Å². The molecule has 0 saturated carbocycles. The molecule has 6 nitrogen and oxygen atoms in total. The molecule has 1 amide bonds. The lowest BCUT2D eigenvalue weighted by Crippen LogP contribution is -2.35. The van der Waals surface area contributed by atoms with Gasteiger partial charge >= 0.3 is 0 Å². The van der Waals surface area contributed by atoms with E-state index in [2.05, 4.69) is 26.1 Å². The van der Waals surface area contributed by atoms with E-state index in [1.165, 1.54) is 7.05 Å². The largest absolute Gasteiger partial charge is 0.497 e. The lowest BCUT2D eigenvalue weighted by molar-refractivity contribution is -0.116. The highest BCUT2D eigenvalue weighted by Gasteiger charge is 2.24. The number of likely N-dealkylation sites (N-methyl/N-ethyl adjacent to an activating group) is 1. The first-order valence-electron chi connectivity index (χ1n) is 8.55. The van der Waals surface area contributed by atoms with E-state index >= 15 is 0 Å². The Balaban J connectivity index is 2.06. The van der Waals surface area contributed by atoms with Crippen molar-refractivity contribution in [1.82, 2.24) is 4.31 Å². The number of benzene rings is 2. The van der Waals surface area contributed by atoms with Gasteiger partial charge in [-0.25, -0.2) is 8.42 Å². The van der Waals surface area contributed by atoms with E-state index in [9.17, 15) is 13.2 Å². The van der Waals surface area contributed by atoms with Crippen LogP contribution < -0.4 is 10.1 Å². The third kappa shape index (κ3) is 5.30. The molecule has 27 heavy (non-hydrogen) atoms. The molecule has 0 aliphatic carbocycles. The number of ether oxygens (including phenoxy) is 1. The van der Waals surface area contributed by atoms with Crippen LogP contribution in [-0.2, 0) is 20.2 Å². The second-order valence-corrected chi connectivity index (χ2v) is 9.36. The summed E-state index contributed by atoms with van der Waals surface area (Å²) in [6.45, 7) is 5.90. The lowest BCUT2D eigenvalue weighted by atomic mass is 9.87. The lowest BCUT2D eigenvalue weighted by Gasteiger charge is -2.20. The smallest absolute Gasteiger partial charge is 0.243 e. The Labute approximate surface area is 161 Å². The van der Waals surface area contributed by atoms with Crippen molar-refractivity contribution in [3.8, 4) is 5.75 Å². The van der Waals surface area contributed by atoms with Gasteiger partial charge in [-0.2, -0.15) is 4.31 Å². The van der Waals surface area contributed by atoms with Gasteiger partial charge in [-0.1, -0.05) is 32.9 Å². The zero-order chi connectivity index (χ0) is 20.2. The van der Waals surface area contributed by atoms with Gasteiger partial charge in [0.2, 0.25) is 15.9 Å². The molecule has 0 fully saturated rings. The standard InChI is InChI=1S/C20H26N2O4S/c1-20(2,3)15-6-12-18(13-7-15)27(24,25)22(4)14-19(23)21-16-8-10-17(26-5)11-9-16/h6-13H,14H2,1-5H3,(H,21,23). The minimum absolute atomic E-state index is 0.0631. The summed E-state index contributed by atoms with van der Waals surface area (Å²) in [4.78, 5) is 12.4. The van der Waals surface area contributed by atoms with E-state index in [1.54, 1.807) is 55.6 Å². The van der Waals surface area contributed by atoms with Crippen molar-refractivity contribution in [3.63, 3.8) is 0 Å².